The van der Waals surface area contributed by atoms with Crippen LogP contribution in [0.15, 0.2) is 51.9 Å². The van der Waals surface area contributed by atoms with Crippen LogP contribution in [0.4, 0.5) is 0 Å². The Balaban J connectivity index is 2.61. The average molecular weight is 351 g/mol. The highest BCUT2D eigenvalue weighted by molar-refractivity contribution is 9.10. The van der Waals surface area contributed by atoms with Crippen molar-refractivity contribution in [3.05, 3.63) is 51.9 Å². The zero-order chi connectivity index (χ0) is 12.0. The van der Waals surface area contributed by atoms with E-state index in [1.807, 2.05) is 6.20 Å². The molecule has 3 aromatic rings. The summed E-state index contributed by atoms with van der Waals surface area (Å²) < 4.78 is 4.27. The van der Waals surface area contributed by atoms with E-state index in [2.05, 4.69) is 79.4 Å². The summed E-state index contributed by atoms with van der Waals surface area (Å²) in [5.41, 5.74) is 2.34. The Hall–Kier alpha value is -1.06. The Morgan fingerprint density at radius 2 is 1.35 bits per heavy atom. The second-order valence-corrected chi connectivity index (χ2v) is 5.71. The van der Waals surface area contributed by atoms with Crippen molar-refractivity contribution in [1.82, 2.24) is 4.57 Å². The SMILES string of the molecule is C=Cn1c2cc(Br)ccc2c2ccc(Br)cc21. The summed E-state index contributed by atoms with van der Waals surface area (Å²) in [5.74, 6) is 0. The minimum atomic E-state index is 1.08. The molecule has 84 valence electrons. The van der Waals surface area contributed by atoms with Crippen molar-refractivity contribution in [3.8, 4) is 0 Å². The highest BCUT2D eigenvalue weighted by Crippen LogP contribution is 2.32. The van der Waals surface area contributed by atoms with Gasteiger partial charge in [0.2, 0.25) is 0 Å². The molecule has 0 bridgehead atoms. The molecule has 0 atom stereocenters. The van der Waals surface area contributed by atoms with Gasteiger partial charge in [-0.25, -0.2) is 0 Å². The van der Waals surface area contributed by atoms with Crippen LogP contribution >= 0.6 is 31.9 Å². The van der Waals surface area contributed by atoms with Gasteiger partial charge < -0.3 is 4.57 Å². The summed E-state index contributed by atoms with van der Waals surface area (Å²) in [6, 6.07) is 12.6. The summed E-state index contributed by atoms with van der Waals surface area (Å²) in [7, 11) is 0. The van der Waals surface area contributed by atoms with Crippen molar-refractivity contribution in [2.75, 3.05) is 0 Å². The van der Waals surface area contributed by atoms with Crippen LogP contribution in [0.1, 0.15) is 0 Å². The smallest absolute Gasteiger partial charge is 0.0545 e. The predicted molar refractivity (Wildman–Crippen MR) is 81.2 cm³/mol. The number of halogens is 2. The molecule has 0 radical (unpaired) electrons. The van der Waals surface area contributed by atoms with E-state index in [0.717, 1.165) is 8.95 Å². The normalized spacial score (nSPS) is 11.2. The van der Waals surface area contributed by atoms with Gasteiger partial charge in [0.1, 0.15) is 0 Å². The lowest BCUT2D eigenvalue weighted by Gasteiger charge is -1.99. The Labute approximate surface area is 116 Å². The van der Waals surface area contributed by atoms with E-state index in [-0.39, 0.29) is 0 Å². The van der Waals surface area contributed by atoms with E-state index in [1.54, 1.807) is 0 Å². The summed E-state index contributed by atoms with van der Waals surface area (Å²) >= 11 is 7.02. The maximum absolute atomic E-state index is 3.90. The zero-order valence-corrected chi connectivity index (χ0v) is 12.1. The molecule has 0 unspecified atom stereocenters. The fraction of sp³-hybridized carbons (Fsp3) is 0. The molecule has 0 saturated heterocycles. The van der Waals surface area contributed by atoms with Gasteiger partial charge in [-0.3, -0.25) is 0 Å². The second-order valence-electron chi connectivity index (χ2n) is 3.88. The minimum absolute atomic E-state index is 1.08. The van der Waals surface area contributed by atoms with Gasteiger partial charge in [0.25, 0.3) is 0 Å². The number of rotatable bonds is 1. The molecule has 0 aliphatic heterocycles. The first-order chi connectivity index (χ1) is 8.20. The second kappa shape index (κ2) is 4.00. The van der Waals surface area contributed by atoms with Crippen LogP contribution < -0.4 is 0 Å². The molecule has 0 aliphatic rings. The molecule has 1 nitrogen and oxygen atoms in total. The first-order valence-corrected chi connectivity index (χ1v) is 6.80. The average Bonchev–Trinajstić information content (AvgIpc) is 2.60. The topological polar surface area (TPSA) is 4.93 Å². The van der Waals surface area contributed by atoms with Crippen LogP contribution in [0.3, 0.4) is 0 Å². The van der Waals surface area contributed by atoms with Gasteiger partial charge in [0.15, 0.2) is 0 Å². The summed E-state index contributed by atoms with van der Waals surface area (Å²) in [5, 5.41) is 2.49. The van der Waals surface area contributed by atoms with Crippen molar-refractivity contribution in [2.24, 2.45) is 0 Å². The van der Waals surface area contributed by atoms with Gasteiger partial charge in [0, 0.05) is 25.9 Å². The fourth-order valence-electron chi connectivity index (χ4n) is 2.19. The number of benzene rings is 2. The van der Waals surface area contributed by atoms with Gasteiger partial charge in [-0.1, -0.05) is 50.6 Å². The lowest BCUT2D eigenvalue weighted by molar-refractivity contribution is 1.29. The monoisotopic (exact) mass is 349 g/mol. The molecule has 1 aromatic heterocycles. The summed E-state index contributed by atoms with van der Waals surface area (Å²) in [6.45, 7) is 3.90. The Morgan fingerprint density at radius 1 is 0.882 bits per heavy atom. The molecule has 0 spiro atoms. The van der Waals surface area contributed by atoms with E-state index in [1.165, 1.54) is 21.8 Å². The van der Waals surface area contributed by atoms with E-state index >= 15 is 0 Å². The quantitative estimate of drug-likeness (QED) is 0.552. The van der Waals surface area contributed by atoms with Crippen LogP contribution in [-0.2, 0) is 0 Å². The first-order valence-electron chi connectivity index (χ1n) is 5.22. The van der Waals surface area contributed by atoms with E-state index in [4.69, 9.17) is 0 Å². The van der Waals surface area contributed by atoms with E-state index < -0.39 is 0 Å². The summed E-state index contributed by atoms with van der Waals surface area (Å²) in [4.78, 5) is 0. The molecule has 0 aliphatic carbocycles. The zero-order valence-electron chi connectivity index (χ0n) is 8.95. The Kier molecular flexibility index (Phi) is 2.60. The molecule has 17 heavy (non-hydrogen) atoms. The molecular weight excluding hydrogens is 342 g/mol. The van der Waals surface area contributed by atoms with E-state index in [0.29, 0.717) is 0 Å². The molecule has 3 rings (SSSR count). The van der Waals surface area contributed by atoms with Crippen molar-refractivity contribution in [2.45, 2.75) is 0 Å². The third-order valence-electron chi connectivity index (χ3n) is 2.91. The van der Waals surface area contributed by atoms with Crippen molar-refractivity contribution < 1.29 is 0 Å². The van der Waals surface area contributed by atoms with Crippen LogP contribution in [0.25, 0.3) is 28.0 Å². The lowest BCUT2D eigenvalue weighted by atomic mass is 10.2. The maximum Gasteiger partial charge on any atom is 0.0545 e. The number of nitrogens with zero attached hydrogens (tertiary/aromatic N) is 1. The third kappa shape index (κ3) is 1.65. The predicted octanol–water partition coefficient (Wildman–Crippen LogP) is 5.42. The highest BCUT2D eigenvalue weighted by atomic mass is 79.9. The van der Waals surface area contributed by atoms with Gasteiger partial charge in [-0.15, -0.1) is 0 Å². The first kappa shape index (κ1) is 11.1. The number of fused-ring (bicyclic) bond motifs is 3. The van der Waals surface area contributed by atoms with Crippen molar-refractivity contribution in [1.29, 1.82) is 0 Å². The Morgan fingerprint density at radius 3 is 1.76 bits per heavy atom. The number of hydrogen-bond donors (Lipinski definition) is 0. The van der Waals surface area contributed by atoms with Crippen LogP contribution in [0.2, 0.25) is 0 Å². The fourth-order valence-corrected chi connectivity index (χ4v) is 2.89. The summed E-state index contributed by atoms with van der Waals surface area (Å²) in [6.07, 6.45) is 1.85. The molecule has 3 heteroatoms. The van der Waals surface area contributed by atoms with Crippen LogP contribution in [0.5, 0.6) is 0 Å². The largest absolute Gasteiger partial charge is 0.316 e. The molecule has 2 aromatic carbocycles. The van der Waals surface area contributed by atoms with E-state index in [9.17, 15) is 0 Å². The van der Waals surface area contributed by atoms with Crippen molar-refractivity contribution >= 4 is 59.9 Å². The molecule has 0 amide bonds. The van der Waals surface area contributed by atoms with Crippen LogP contribution in [-0.4, -0.2) is 4.57 Å². The minimum Gasteiger partial charge on any atom is -0.316 e. The van der Waals surface area contributed by atoms with Gasteiger partial charge in [-0.2, -0.15) is 0 Å². The van der Waals surface area contributed by atoms with Gasteiger partial charge in [0.05, 0.1) is 11.0 Å². The van der Waals surface area contributed by atoms with Crippen LogP contribution in [0, 0.1) is 0 Å². The molecule has 0 fully saturated rings. The standard InChI is InChI=1S/C14H9Br2N/c1-2-17-13-7-9(15)3-5-11(13)12-6-4-10(16)8-14(12)17/h2-8H,1H2. The number of hydrogen-bond acceptors (Lipinski definition) is 0. The lowest BCUT2D eigenvalue weighted by Crippen LogP contribution is -1.84. The molecule has 0 N–H and O–H groups in total. The number of aromatic nitrogens is 1. The third-order valence-corrected chi connectivity index (χ3v) is 3.90. The van der Waals surface area contributed by atoms with Gasteiger partial charge in [-0.05, 0) is 24.3 Å². The van der Waals surface area contributed by atoms with Gasteiger partial charge >= 0.3 is 0 Å². The Bertz CT molecular complexity index is 681. The highest BCUT2D eigenvalue weighted by Gasteiger charge is 2.09. The molecular formula is C14H9Br2N. The molecule has 0 saturated carbocycles. The maximum atomic E-state index is 3.90. The van der Waals surface area contributed by atoms with Crippen molar-refractivity contribution in [3.63, 3.8) is 0 Å². The molecule has 1 heterocycles.